The molecule has 0 atom stereocenters. The summed E-state index contributed by atoms with van der Waals surface area (Å²) >= 11 is 5.82. The quantitative estimate of drug-likeness (QED) is 0.511. The van der Waals surface area contributed by atoms with Crippen molar-refractivity contribution in [1.82, 2.24) is 9.13 Å². The van der Waals surface area contributed by atoms with Gasteiger partial charge in [-0.2, -0.15) is 0 Å². The van der Waals surface area contributed by atoms with Gasteiger partial charge < -0.3 is 9.13 Å². The molecule has 0 saturated heterocycles. The van der Waals surface area contributed by atoms with Gasteiger partial charge in [0.25, 0.3) is 0 Å². The molecule has 132 valence electrons. The van der Waals surface area contributed by atoms with Crippen LogP contribution in [0.5, 0.6) is 0 Å². The minimum absolute atomic E-state index is 0.220. The van der Waals surface area contributed by atoms with E-state index in [1.54, 1.807) is 24.3 Å². The predicted octanol–water partition coefficient (Wildman–Crippen LogP) is 2.73. The van der Waals surface area contributed by atoms with E-state index in [-0.39, 0.29) is 24.4 Å². The van der Waals surface area contributed by atoms with Gasteiger partial charge in [0.05, 0.1) is 13.1 Å². The summed E-state index contributed by atoms with van der Waals surface area (Å²) in [6, 6.07) is 11.9. The van der Waals surface area contributed by atoms with Crippen LogP contribution in [0.1, 0.15) is 15.9 Å². The van der Waals surface area contributed by atoms with Crippen molar-refractivity contribution in [3.05, 3.63) is 104 Å². The van der Waals surface area contributed by atoms with Crippen molar-refractivity contribution in [2.45, 2.75) is 13.1 Å². The zero-order valence-corrected chi connectivity index (χ0v) is 14.3. The Hall–Kier alpha value is -2.99. The second kappa shape index (κ2) is 7.49. The molecule has 5 nitrogen and oxygen atoms in total. The molecule has 0 unspecified atom stereocenters. The molecule has 0 aliphatic rings. The van der Waals surface area contributed by atoms with E-state index in [2.05, 4.69) is 0 Å². The molecule has 0 spiro atoms. The molecular formula is C19H14ClFN2O3. The number of aromatic nitrogens is 2. The predicted molar refractivity (Wildman–Crippen MR) is 96.2 cm³/mol. The number of Topliss-reactive ketones (excluding diaryl/α,β-unsaturated/α-hetero) is 1. The molecule has 1 heterocycles. The third-order valence-corrected chi connectivity index (χ3v) is 4.13. The van der Waals surface area contributed by atoms with Gasteiger partial charge >= 0.3 is 11.1 Å². The van der Waals surface area contributed by atoms with E-state index in [0.29, 0.717) is 5.02 Å². The van der Waals surface area contributed by atoms with Crippen molar-refractivity contribution in [2.75, 3.05) is 0 Å². The van der Waals surface area contributed by atoms with Gasteiger partial charge in [-0.3, -0.25) is 14.4 Å². The van der Waals surface area contributed by atoms with Crippen LogP contribution in [0.2, 0.25) is 5.02 Å². The average Bonchev–Trinajstić information content (AvgIpc) is 2.63. The second-order valence-electron chi connectivity index (χ2n) is 5.72. The van der Waals surface area contributed by atoms with E-state index in [9.17, 15) is 18.8 Å². The Kier molecular flexibility index (Phi) is 5.14. The van der Waals surface area contributed by atoms with Gasteiger partial charge in [-0.25, -0.2) is 4.39 Å². The van der Waals surface area contributed by atoms with Crippen molar-refractivity contribution in [3.8, 4) is 0 Å². The molecule has 1 aromatic heterocycles. The number of hydrogen-bond donors (Lipinski definition) is 0. The van der Waals surface area contributed by atoms with E-state index in [0.717, 1.165) is 10.1 Å². The summed E-state index contributed by atoms with van der Waals surface area (Å²) in [5.41, 5.74) is -0.439. The van der Waals surface area contributed by atoms with E-state index in [1.807, 2.05) is 0 Å². The minimum atomic E-state index is -0.795. The third kappa shape index (κ3) is 3.97. The van der Waals surface area contributed by atoms with Crippen molar-refractivity contribution in [1.29, 1.82) is 0 Å². The van der Waals surface area contributed by atoms with E-state index < -0.39 is 16.9 Å². The molecular weight excluding hydrogens is 359 g/mol. The smallest absolute Gasteiger partial charge is 0.305 e. The van der Waals surface area contributed by atoms with E-state index >= 15 is 0 Å². The van der Waals surface area contributed by atoms with Crippen LogP contribution in [0.3, 0.4) is 0 Å². The van der Waals surface area contributed by atoms with Crippen molar-refractivity contribution >= 4 is 17.4 Å². The zero-order valence-electron chi connectivity index (χ0n) is 13.6. The normalized spacial score (nSPS) is 10.7. The maximum absolute atomic E-state index is 12.9. The summed E-state index contributed by atoms with van der Waals surface area (Å²) in [6.45, 7) is -0.0700. The third-order valence-electron chi connectivity index (χ3n) is 3.88. The molecule has 0 fully saturated rings. The topological polar surface area (TPSA) is 61.1 Å². The highest BCUT2D eigenvalue weighted by Crippen LogP contribution is 2.10. The number of hydrogen-bond acceptors (Lipinski definition) is 3. The fourth-order valence-corrected chi connectivity index (χ4v) is 2.59. The summed E-state index contributed by atoms with van der Waals surface area (Å²) < 4.78 is 15.2. The molecule has 0 aliphatic carbocycles. The number of benzene rings is 2. The summed E-state index contributed by atoms with van der Waals surface area (Å²) in [4.78, 5) is 36.7. The lowest BCUT2D eigenvalue weighted by atomic mass is 10.1. The molecule has 26 heavy (non-hydrogen) atoms. The lowest BCUT2D eigenvalue weighted by molar-refractivity contribution is 0.0970. The monoisotopic (exact) mass is 372 g/mol. The lowest BCUT2D eigenvalue weighted by Gasteiger charge is -2.09. The molecule has 3 aromatic rings. The first kappa shape index (κ1) is 17.8. The first-order valence-electron chi connectivity index (χ1n) is 7.77. The van der Waals surface area contributed by atoms with Gasteiger partial charge in [0.2, 0.25) is 0 Å². The highest BCUT2D eigenvalue weighted by Gasteiger charge is 2.11. The Balaban J connectivity index is 1.82. The van der Waals surface area contributed by atoms with Crippen LogP contribution >= 0.6 is 11.6 Å². The molecule has 7 heteroatoms. The number of halogens is 2. The Morgan fingerprint density at radius 3 is 2.12 bits per heavy atom. The Labute approximate surface area is 152 Å². The largest absolute Gasteiger partial charge is 0.316 e. The van der Waals surface area contributed by atoms with Crippen LogP contribution in [-0.2, 0) is 13.1 Å². The van der Waals surface area contributed by atoms with Gasteiger partial charge in [0.15, 0.2) is 5.78 Å². The molecule has 0 aliphatic heterocycles. The van der Waals surface area contributed by atoms with Gasteiger partial charge in [0.1, 0.15) is 5.82 Å². The van der Waals surface area contributed by atoms with Gasteiger partial charge in [0, 0.05) is 23.0 Å². The summed E-state index contributed by atoms with van der Waals surface area (Å²) in [7, 11) is 0. The Morgan fingerprint density at radius 1 is 0.885 bits per heavy atom. The van der Waals surface area contributed by atoms with Gasteiger partial charge in [-0.15, -0.1) is 0 Å². The SMILES string of the molecule is O=C(Cn1ccn(Cc2ccc(Cl)cc2)c(=O)c1=O)c1ccc(F)cc1. The Bertz CT molecular complexity index is 1050. The van der Waals surface area contributed by atoms with Crippen molar-refractivity contribution in [3.63, 3.8) is 0 Å². The van der Waals surface area contributed by atoms with Crippen LogP contribution in [-0.4, -0.2) is 14.9 Å². The standard InChI is InChI=1S/C19H14ClFN2O3/c20-15-5-1-13(2-6-15)11-22-9-10-23(19(26)18(22)25)12-17(24)14-3-7-16(21)8-4-14/h1-10H,11-12H2. The first-order valence-corrected chi connectivity index (χ1v) is 8.15. The second-order valence-corrected chi connectivity index (χ2v) is 6.16. The van der Waals surface area contributed by atoms with Crippen LogP contribution in [0.4, 0.5) is 4.39 Å². The molecule has 0 radical (unpaired) electrons. The van der Waals surface area contributed by atoms with Crippen LogP contribution < -0.4 is 11.1 Å². The van der Waals surface area contributed by atoms with E-state index in [1.165, 1.54) is 41.2 Å². The highest BCUT2D eigenvalue weighted by atomic mass is 35.5. The molecule has 0 saturated carbocycles. The number of ketones is 1. The minimum Gasteiger partial charge on any atom is -0.305 e. The van der Waals surface area contributed by atoms with Crippen molar-refractivity contribution in [2.24, 2.45) is 0 Å². The summed E-state index contributed by atoms with van der Waals surface area (Å²) in [6.07, 6.45) is 2.84. The molecule has 2 aromatic carbocycles. The number of carbonyl (C=O) groups excluding carboxylic acids is 1. The van der Waals surface area contributed by atoms with Gasteiger partial charge in [-0.1, -0.05) is 23.7 Å². The molecule has 3 rings (SSSR count). The maximum atomic E-state index is 12.9. The van der Waals surface area contributed by atoms with Gasteiger partial charge in [-0.05, 0) is 42.0 Å². The first-order chi connectivity index (χ1) is 12.4. The fourth-order valence-electron chi connectivity index (χ4n) is 2.46. The fraction of sp³-hybridized carbons (Fsp3) is 0.105. The zero-order chi connectivity index (χ0) is 18.7. The van der Waals surface area contributed by atoms with Crippen LogP contribution in [0, 0.1) is 5.82 Å². The Morgan fingerprint density at radius 2 is 1.46 bits per heavy atom. The highest BCUT2D eigenvalue weighted by molar-refractivity contribution is 6.30. The molecule has 0 amide bonds. The number of nitrogens with zero attached hydrogens (tertiary/aromatic N) is 2. The number of carbonyl (C=O) groups is 1. The summed E-state index contributed by atoms with van der Waals surface area (Å²) in [5, 5.41) is 0.579. The summed E-state index contributed by atoms with van der Waals surface area (Å²) in [5.74, 6) is -0.842. The van der Waals surface area contributed by atoms with Crippen LogP contribution in [0.25, 0.3) is 0 Å². The van der Waals surface area contributed by atoms with Crippen molar-refractivity contribution < 1.29 is 9.18 Å². The number of rotatable bonds is 5. The lowest BCUT2D eigenvalue weighted by Crippen LogP contribution is -2.41. The average molecular weight is 373 g/mol. The maximum Gasteiger partial charge on any atom is 0.316 e. The van der Waals surface area contributed by atoms with Crippen LogP contribution in [0.15, 0.2) is 70.5 Å². The molecule has 0 N–H and O–H groups in total. The van der Waals surface area contributed by atoms with E-state index in [4.69, 9.17) is 11.6 Å². The molecule has 0 bridgehead atoms.